The maximum absolute atomic E-state index is 12.8. The fraction of sp³-hybridized carbons (Fsp3) is 0.733. The molecule has 0 bridgehead atoms. The van der Waals surface area contributed by atoms with Crippen molar-refractivity contribution in [2.75, 3.05) is 26.3 Å². The van der Waals surface area contributed by atoms with Gasteiger partial charge in [-0.3, -0.25) is 9.48 Å². The first-order chi connectivity index (χ1) is 9.69. The van der Waals surface area contributed by atoms with Gasteiger partial charge >= 0.3 is 0 Å². The van der Waals surface area contributed by atoms with Crippen molar-refractivity contribution in [3.8, 4) is 0 Å². The zero-order valence-corrected chi connectivity index (χ0v) is 12.8. The molecule has 112 valence electrons. The summed E-state index contributed by atoms with van der Waals surface area (Å²) in [6, 6.07) is 0. The van der Waals surface area contributed by atoms with Crippen molar-refractivity contribution < 1.29 is 9.53 Å². The molecule has 1 aromatic heterocycles. The van der Waals surface area contributed by atoms with Crippen molar-refractivity contribution >= 4 is 5.91 Å². The van der Waals surface area contributed by atoms with Gasteiger partial charge in [-0.2, -0.15) is 5.10 Å². The molecule has 0 unspecified atom stereocenters. The van der Waals surface area contributed by atoms with E-state index in [0.29, 0.717) is 26.3 Å². The summed E-state index contributed by atoms with van der Waals surface area (Å²) < 4.78 is 7.22. The number of aromatic nitrogens is 2. The lowest BCUT2D eigenvalue weighted by Crippen LogP contribution is -2.41. The molecule has 2 rings (SSSR count). The fourth-order valence-corrected chi connectivity index (χ4v) is 2.73. The van der Waals surface area contributed by atoms with Gasteiger partial charge in [0.1, 0.15) is 0 Å². The Hall–Kier alpha value is -1.36. The lowest BCUT2D eigenvalue weighted by Gasteiger charge is -2.27. The monoisotopic (exact) mass is 279 g/mol. The highest BCUT2D eigenvalue weighted by molar-refractivity contribution is 5.96. The predicted molar refractivity (Wildman–Crippen MR) is 77.9 cm³/mol. The molecule has 0 aromatic carbocycles. The van der Waals surface area contributed by atoms with Gasteiger partial charge in [0, 0.05) is 20.1 Å². The number of amides is 1. The van der Waals surface area contributed by atoms with E-state index in [0.717, 1.165) is 42.6 Å². The van der Waals surface area contributed by atoms with E-state index in [9.17, 15) is 4.79 Å². The Morgan fingerprint density at radius 1 is 1.20 bits per heavy atom. The van der Waals surface area contributed by atoms with Crippen molar-refractivity contribution in [1.82, 2.24) is 14.7 Å². The summed E-state index contributed by atoms with van der Waals surface area (Å²) in [5.74, 6) is 0.133. The van der Waals surface area contributed by atoms with Crippen LogP contribution in [0.1, 0.15) is 48.4 Å². The van der Waals surface area contributed by atoms with E-state index in [1.165, 1.54) is 0 Å². The SMILES string of the molecule is CCCc1nn(C)c(CCC)c1C(=O)N1CCOCC1. The molecule has 1 aliphatic heterocycles. The van der Waals surface area contributed by atoms with Crippen LogP contribution in [-0.4, -0.2) is 46.9 Å². The molecule has 0 spiro atoms. The zero-order valence-electron chi connectivity index (χ0n) is 12.8. The van der Waals surface area contributed by atoms with E-state index < -0.39 is 0 Å². The smallest absolute Gasteiger partial charge is 0.257 e. The molecule has 20 heavy (non-hydrogen) atoms. The number of morpholine rings is 1. The van der Waals surface area contributed by atoms with Crippen LogP contribution in [0.4, 0.5) is 0 Å². The third-order valence-corrected chi connectivity index (χ3v) is 3.72. The molecule has 0 N–H and O–H groups in total. The van der Waals surface area contributed by atoms with Crippen LogP contribution in [0, 0.1) is 0 Å². The van der Waals surface area contributed by atoms with Crippen LogP contribution in [0.25, 0.3) is 0 Å². The van der Waals surface area contributed by atoms with E-state index in [4.69, 9.17) is 4.74 Å². The minimum Gasteiger partial charge on any atom is -0.378 e. The van der Waals surface area contributed by atoms with Crippen LogP contribution in [0.3, 0.4) is 0 Å². The summed E-state index contributed by atoms with van der Waals surface area (Å²) in [4.78, 5) is 14.7. The van der Waals surface area contributed by atoms with Crippen LogP contribution < -0.4 is 0 Å². The van der Waals surface area contributed by atoms with E-state index >= 15 is 0 Å². The summed E-state index contributed by atoms with van der Waals surface area (Å²) >= 11 is 0. The van der Waals surface area contributed by atoms with Crippen LogP contribution in [0.2, 0.25) is 0 Å². The lowest BCUT2D eigenvalue weighted by molar-refractivity contribution is 0.0301. The van der Waals surface area contributed by atoms with Gasteiger partial charge in [0.2, 0.25) is 0 Å². The summed E-state index contributed by atoms with van der Waals surface area (Å²) in [5.41, 5.74) is 2.88. The average molecular weight is 279 g/mol. The Labute approximate surface area is 120 Å². The minimum atomic E-state index is 0.133. The molecule has 1 aromatic rings. The minimum absolute atomic E-state index is 0.133. The molecule has 5 heteroatoms. The van der Waals surface area contributed by atoms with E-state index in [2.05, 4.69) is 18.9 Å². The maximum Gasteiger partial charge on any atom is 0.257 e. The number of hydrogen-bond acceptors (Lipinski definition) is 3. The van der Waals surface area contributed by atoms with Crippen LogP contribution in [0.5, 0.6) is 0 Å². The molecule has 5 nitrogen and oxygen atoms in total. The lowest BCUT2D eigenvalue weighted by atomic mass is 10.0. The number of carbonyl (C=O) groups is 1. The molecule has 1 amide bonds. The second kappa shape index (κ2) is 6.88. The van der Waals surface area contributed by atoms with Crippen LogP contribution in [-0.2, 0) is 24.6 Å². The first-order valence-corrected chi connectivity index (χ1v) is 7.60. The molecule has 0 aliphatic carbocycles. The number of hydrogen-bond donors (Lipinski definition) is 0. The largest absolute Gasteiger partial charge is 0.378 e. The van der Waals surface area contributed by atoms with Gasteiger partial charge in [0.15, 0.2) is 0 Å². The van der Waals surface area contributed by atoms with Crippen molar-refractivity contribution in [3.63, 3.8) is 0 Å². The second-order valence-electron chi connectivity index (χ2n) is 5.30. The number of rotatable bonds is 5. The molecule has 1 saturated heterocycles. The standard InChI is InChI=1S/C15H25N3O2/c1-4-6-12-14(13(7-5-2)17(3)16-12)15(19)18-8-10-20-11-9-18/h4-11H2,1-3H3. The van der Waals surface area contributed by atoms with Crippen molar-refractivity contribution in [2.24, 2.45) is 7.05 Å². The molecule has 1 aliphatic rings. The van der Waals surface area contributed by atoms with Gasteiger partial charge in [0.25, 0.3) is 5.91 Å². The first-order valence-electron chi connectivity index (χ1n) is 7.60. The number of carbonyl (C=O) groups excluding carboxylic acids is 1. The van der Waals surface area contributed by atoms with E-state index in [-0.39, 0.29) is 5.91 Å². The molecule has 0 radical (unpaired) electrons. The quantitative estimate of drug-likeness (QED) is 0.825. The Kier molecular flexibility index (Phi) is 5.17. The summed E-state index contributed by atoms with van der Waals surface area (Å²) in [6.45, 7) is 6.90. The van der Waals surface area contributed by atoms with E-state index in [1.54, 1.807) is 0 Å². The van der Waals surface area contributed by atoms with Gasteiger partial charge in [0.05, 0.1) is 30.2 Å². The van der Waals surface area contributed by atoms with Crippen LogP contribution >= 0.6 is 0 Å². The molecular formula is C15H25N3O2. The molecule has 1 fully saturated rings. The van der Waals surface area contributed by atoms with Gasteiger partial charge in [-0.05, 0) is 12.8 Å². The molecular weight excluding hydrogens is 254 g/mol. The number of nitrogens with zero attached hydrogens (tertiary/aromatic N) is 3. The van der Waals surface area contributed by atoms with Crippen molar-refractivity contribution in [2.45, 2.75) is 39.5 Å². The number of aryl methyl sites for hydroxylation is 2. The first kappa shape index (κ1) is 15.0. The molecule has 0 saturated carbocycles. The van der Waals surface area contributed by atoms with Gasteiger partial charge in [-0.15, -0.1) is 0 Å². The fourth-order valence-electron chi connectivity index (χ4n) is 2.73. The Morgan fingerprint density at radius 2 is 1.85 bits per heavy atom. The van der Waals surface area contributed by atoms with Crippen molar-refractivity contribution in [1.29, 1.82) is 0 Å². The van der Waals surface area contributed by atoms with Gasteiger partial charge < -0.3 is 9.64 Å². The highest BCUT2D eigenvalue weighted by Gasteiger charge is 2.26. The van der Waals surface area contributed by atoms with Gasteiger partial charge in [-0.1, -0.05) is 26.7 Å². The Morgan fingerprint density at radius 3 is 2.45 bits per heavy atom. The molecule has 0 atom stereocenters. The zero-order chi connectivity index (χ0) is 14.5. The molecule has 2 heterocycles. The van der Waals surface area contributed by atoms with Crippen molar-refractivity contribution in [3.05, 3.63) is 17.0 Å². The third kappa shape index (κ3) is 3.03. The third-order valence-electron chi connectivity index (χ3n) is 3.72. The van der Waals surface area contributed by atoms with Gasteiger partial charge in [-0.25, -0.2) is 0 Å². The highest BCUT2D eigenvalue weighted by Crippen LogP contribution is 2.20. The normalized spacial score (nSPS) is 15.7. The summed E-state index contributed by atoms with van der Waals surface area (Å²) in [5, 5.41) is 4.57. The number of ether oxygens (including phenoxy) is 1. The predicted octanol–water partition coefficient (Wildman–Crippen LogP) is 1.80. The van der Waals surface area contributed by atoms with Crippen LogP contribution in [0.15, 0.2) is 0 Å². The maximum atomic E-state index is 12.8. The highest BCUT2D eigenvalue weighted by atomic mass is 16.5. The second-order valence-corrected chi connectivity index (χ2v) is 5.30. The Bertz CT molecular complexity index is 462. The van der Waals surface area contributed by atoms with E-state index in [1.807, 2.05) is 16.6 Å². The topological polar surface area (TPSA) is 47.4 Å². The summed E-state index contributed by atoms with van der Waals surface area (Å²) in [7, 11) is 1.94. The summed E-state index contributed by atoms with van der Waals surface area (Å²) in [6.07, 6.45) is 3.79. The Balaban J connectivity index is 2.32. The average Bonchev–Trinajstić information content (AvgIpc) is 2.76.